The molecule has 3 rings (SSSR count). The van der Waals surface area contributed by atoms with Gasteiger partial charge in [0.05, 0.1) is 25.2 Å². The molecule has 1 aliphatic carbocycles. The average molecular weight is 301 g/mol. The molecule has 1 aromatic heterocycles. The fraction of sp³-hybridized carbons (Fsp3) is 0.412. The van der Waals surface area contributed by atoms with Crippen LogP contribution in [-0.4, -0.2) is 25.0 Å². The highest BCUT2D eigenvalue weighted by Crippen LogP contribution is 2.41. The van der Waals surface area contributed by atoms with Crippen molar-refractivity contribution < 1.29 is 18.7 Å². The summed E-state index contributed by atoms with van der Waals surface area (Å²) in [6.45, 7) is 1.87. The van der Waals surface area contributed by atoms with Crippen molar-refractivity contribution in [1.82, 2.24) is 5.32 Å². The molecule has 2 aromatic rings. The topological polar surface area (TPSA) is 68.5 Å². The van der Waals surface area contributed by atoms with Gasteiger partial charge in [-0.25, -0.2) is 0 Å². The van der Waals surface area contributed by atoms with Crippen LogP contribution in [0.25, 0.3) is 11.0 Å². The zero-order chi connectivity index (χ0) is 15.7. The maximum atomic E-state index is 12.1. The highest BCUT2D eigenvalue weighted by molar-refractivity contribution is 5.83. The highest BCUT2D eigenvalue weighted by Gasteiger charge is 2.47. The molecule has 0 aliphatic heterocycles. The predicted molar refractivity (Wildman–Crippen MR) is 81.2 cm³/mol. The summed E-state index contributed by atoms with van der Waals surface area (Å²) in [6.07, 6.45) is 3.22. The number of esters is 1. The van der Waals surface area contributed by atoms with Crippen molar-refractivity contribution in [2.45, 2.75) is 32.2 Å². The van der Waals surface area contributed by atoms with Crippen LogP contribution in [0.5, 0.6) is 0 Å². The SMILES string of the molecule is COC(=O)C1(C)CC(NC(=O)Cc2ccc3occc3c2)C1. The summed E-state index contributed by atoms with van der Waals surface area (Å²) in [7, 11) is 1.39. The molecule has 1 N–H and O–H groups in total. The zero-order valence-corrected chi connectivity index (χ0v) is 12.7. The summed E-state index contributed by atoms with van der Waals surface area (Å²) in [5, 5.41) is 3.96. The number of benzene rings is 1. The number of methoxy groups -OCH3 is 1. The van der Waals surface area contributed by atoms with Gasteiger partial charge < -0.3 is 14.5 Å². The number of hydrogen-bond donors (Lipinski definition) is 1. The first-order valence-electron chi connectivity index (χ1n) is 7.34. The lowest BCUT2D eigenvalue weighted by Gasteiger charge is -2.42. The Hall–Kier alpha value is -2.30. The van der Waals surface area contributed by atoms with Crippen LogP contribution in [0.2, 0.25) is 0 Å². The number of amides is 1. The molecule has 1 saturated carbocycles. The van der Waals surface area contributed by atoms with Crippen LogP contribution in [0.1, 0.15) is 25.3 Å². The third-order valence-electron chi connectivity index (χ3n) is 4.32. The largest absolute Gasteiger partial charge is 0.469 e. The Bertz CT molecular complexity index is 712. The van der Waals surface area contributed by atoms with Gasteiger partial charge >= 0.3 is 5.97 Å². The Balaban J connectivity index is 1.54. The molecule has 22 heavy (non-hydrogen) atoms. The van der Waals surface area contributed by atoms with Crippen molar-refractivity contribution in [2.24, 2.45) is 5.41 Å². The second kappa shape index (κ2) is 5.48. The van der Waals surface area contributed by atoms with Gasteiger partial charge in [-0.3, -0.25) is 9.59 Å². The number of ether oxygens (including phenoxy) is 1. The standard InChI is InChI=1S/C17H19NO4/c1-17(16(20)21-2)9-13(10-17)18-15(19)8-11-3-4-14-12(7-11)5-6-22-14/h3-7,13H,8-10H2,1-2H3,(H,18,19). The van der Waals surface area contributed by atoms with Gasteiger partial charge in [-0.1, -0.05) is 6.07 Å². The third-order valence-corrected chi connectivity index (χ3v) is 4.32. The number of hydrogen-bond acceptors (Lipinski definition) is 4. The van der Waals surface area contributed by atoms with E-state index in [2.05, 4.69) is 5.32 Å². The Kier molecular flexibility index (Phi) is 3.64. The highest BCUT2D eigenvalue weighted by atomic mass is 16.5. The molecule has 1 aromatic carbocycles. The number of carbonyl (C=O) groups excluding carboxylic acids is 2. The van der Waals surface area contributed by atoms with E-state index < -0.39 is 5.41 Å². The first kappa shape index (κ1) is 14.6. The minimum absolute atomic E-state index is 0.0280. The monoisotopic (exact) mass is 301 g/mol. The third kappa shape index (κ3) is 2.71. The fourth-order valence-electron chi connectivity index (χ4n) is 3.13. The number of carbonyl (C=O) groups is 2. The van der Waals surface area contributed by atoms with E-state index in [-0.39, 0.29) is 17.9 Å². The average Bonchev–Trinajstić information content (AvgIpc) is 2.92. The predicted octanol–water partition coefficient (Wildman–Crippen LogP) is 2.43. The van der Waals surface area contributed by atoms with Crippen LogP contribution in [0.4, 0.5) is 0 Å². The van der Waals surface area contributed by atoms with Gasteiger partial charge in [-0.2, -0.15) is 0 Å². The first-order valence-corrected chi connectivity index (χ1v) is 7.34. The molecular weight excluding hydrogens is 282 g/mol. The van der Waals surface area contributed by atoms with Crippen molar-refractivity contribution in [3.8, 4) is 0 Å². The lowest BCUT2D eigenvalue weighted by Crippen LogP contribution is -2.53. The van der Waals surface area contributed by atoms with Crippen molar-refractivity contribution >= 4 is 22.8 Å². The van der Waals surface area contributed by atoms with Gasteiger partial charge in [0.1, 0.15) is 5.58 Å². The Morgan fingerprint density at radius 3 is 2.86 bits per heavy atom. The van der Waals surface area contributed by atoms with Crippen molar-refractivity contribution in [3.05, 3.63) is 36.1 Å². The Morgan fingerprint density at radius 1 is 1.36 bits per heavy atom. The van der Waals surface area contributed by atoms with E-state index in [9.17, 15) is 9.59 Å². The fourth-order valence-corrected chi connectivity index (χ4v) is 3.13. The molecule has 1 heterocycles. The van der Waals surface area contributed by atoms with E-state index in [1.54, 1.807) is 6.26 Å². The number of rotatable bonds is 4. The van der Waals surface area contributed by atoms with Gasteiger partial charge in [0.2, 0.25) is 5.91 Å². The second-order valence-electron chi connectivity index (χ2n) is 6.19. The molecule has 0 unspecified atom stereocenters. The van der Waals surface area contributed by atoms with E-state index in [1.807, 2.05) is 31.2 Å². The lowest BCUT2D eigenvalue weighted by atomic mass is 9.67. The summed E-state index contributed by atoms with van der Waals surface area (Å²) in [6, 6.07) is 7.65. The quantitative estimate of drug-likeness (QED) is 0.881. The van der Waals surface area contributed by atoms with Crippen LogP contribution in [0.15, 0.2) is 34.9 Å². The van der Waals surface area contributed by atoms with Gasteiger partial charge in [-0.15, -0.1) is 0 Å². The minimum Gasteiger partial charge on any atom is -0.469 e. The maximum absolute atomic E-state index is 12.1. The van der Waals surface area contributed by atoms with E-state index in [1.165, 1.54) is 7.11 Å². The molecule has 5 nitrogen and oxygen atoms in total. The molecule has 116 valence electrons. The van der Waals surface area contributed by atoms with Crippen LogP contribution in [0.3, 0.4) is 0 Å². The molecular formula is C17H19NO4. The molecule has 5 heteroatoms. The van der Waals surface area contributed by atoms with Crippen molar-refractivity contribution in [2.75, 3.05) is 7.11 Å². The smallest absolute Gasteiger partial charge is 0.311 e. The number of nitrogens with one attached hydrogen (secondary N) is 1. The summed E-state index contributed by atoms with van der Waals surface area (Å²) >= 11 is 0. The summed E-state index contributed by atoms with van der Waals surface area (Å²) in [5.74, 6) is -0.233. The molecule has 0 bridgehead atoms. The second-order valence-corrected chi connectivity index (χ2v) is 6.19. The molecule has 0 saturated heterocycles. The summed E-state index contributed by atoms with van der Waals surface area (Å²) < 4.78 is 10.1. The van der Waals surface area contributed by atoms with Crippen LogP contribution >= 0.6 is 0 Å². The molecule has 0 radical (unpaired) electrons. The Morgan fingerprint density at radius 2 is 2.14 bits per heavy atom. The van der Waals surface area contributed by atoms with Gasteiger partial charge in [0.25, 0.3) is 0 Å². The zero-order valence-electron chi connectivity index (χ0n) is 12.7. The minimum atomic E-state index is -0.456. The molecule has 0 spiro atoms. The molecule has 1 amide bonds. The van der Waals surface area contributed by atoms with Crippen molar-refractivity contribution in [3.63, 3.8) is 0 Å². The van der Waals surface area contributed by atoms with Gasteiger partial charge in [0.15, 0.2) is 0 Å². The van der Waals surface area contributed by atoms with E-state index >= 15 is 0 Å². The van der Waals surface area contributed by atoms with Crippen LogP contribution in [-0.2, 0) is 20.7 Å². The number of furan rings is 1. The van der Waals surface area contributed by atoms with Crippen LogP contribution in [0, 0.1) is 5.41 Å². The summed E-state index contributed by atoms with van der Waals surface area (Å²) in [4.78, 5) is 23.7. The number of fused-ring (bicyclic) bond motifs is 1. The van der Waals surface area contributed by atoms with E-state index in [0.29, 0.717) is 19.3 Å². The Labute approximate surface area is 128 Å². The van der Waals surface area contributed by atoms with E-state index in [4.69, 9.17) is 9.15 Å². The molecule has 1 aliphatic rings. The lowest BCUT2D eigenvalue weighted by molar-refractivity contribution is -0.159. The van der Waals surface area contributed by atoms with Crippen molar-refractivity contribution in [1.29, 1.82) is 0 Å². The van der Waals surface area contributed by atoms with E-state index in [0.717, 1.165) is 16.5 Å². The molecule has 0 atom stereocenters. The van der Waals surface area contributed by atoms with Gasteiger partial charge in [-0.05, 0) is 43.5 Å². The normalized spacial score (nSPS) is 23.8. The summed E-state index contributed by atoms with van der Waals surface area (Å²) in [5.41, 5.74) is 1.31. The maximum Gasteiger partial charge on any atom is 0.311 e. The molecule has 1 fully saturated rings. The van der Waals surface area contributed by atoms with Crippen LogP contribution < -0.4 is 5.32 Å². The first-order chi connectivity index (χ1) is 10.5. The van der Waals surface area contributed by atoms with Gasteiger partial charge in [0, 0.05) is 11.4 Å².